The third kappa shape index (κ3) is 6.83. The third-order valence-electron chi connectivity index (χ3n) is 4.78. The van der Waals surface area contributed by atoms with E-state index in [1.54, 1.807) is 6.92 Å². The molecule has 0 bridgehead atoms. The van der Waals surface area contributed by atoms with Crippen molar-refractivity contribution in [3.8, 4) is 0 Å². The summed E-state index contributed by atoms with van der Waals surface area (Å²) < 4.78 is 40.0. The predicted octanol–water partition coefficient (Wildman–Crippen LogP) is 4.74. The molecule has 1 amide bonds. The number of carbonyl (C=O) groups excluding carboxylic acids is 1. The van der Waals surface area contributed by atoms with Gasteiger partial charge in [-0.2, -0.15) is 18.3 Å². The number of nitrogens with two attached hydrogens (primary N) is 1. The smallest absolute Gasteiger partial charge is 0.382 e. The van der Waals surface area contributed by atoms with E-state index in [0.717, 1.165) is 17.7 Å². The van der Waals surface area contributed by atoms with E-state index in [0.29, 0.717) is 23.6 Å². The van der Waals surface area contributed by atoms with Crippen LogP contribution in [0.5, 0.6) is 0 Å². The zero-order valence-corrected chi connectivity index (χ0v) is 18.4. The first kappa shape index (κ1) is 24.9. The lowest BCUT2D eigenvalue weighted by molar-refractivity contribution is -0.137. The number of nitrogens with zero attached hydrogens (tertiary/aromatic N) is 3. The minimum atomic E-state index is -4.38. The maximum Gasteiger partial charge on any atom is 0.416 e. The Morgan fingerprint density at radius 2 is 1.97 bits per heavy atom. The number of nitrogens with one attached hydrogen (secondary N) is 1. The van der Waals surface area contributed by atoms with Crippen LogP contribution in [0.25, 0.3) is 5.82 Å². The molecule has 0 saturated carbocycles. The van der Waals surface area contributed by atoms with Gasteiger partial charge in [0.05, 0.1) is 23.0 Å². The molecule has 0 fully saturated rings. The van der Waals surface area contributed by atoms with E-state index >= 15 is 0 Å². The second-order valence-electron chi connectivity index (χ2n) is 7.82. The van der Waals surface area contributed by atoms with Crippen molar-refractivity contribution in [1.29, 1.82) is 0 Å². The minimum Gasteiger partial charge on any atom is -0.382 e. The molecule has 32 heavy (non-hydrogen) atoms. The molecule has 1 aromatic heterocycles. The normalized spacial score (nSPS) is 13.5. The Labute approximate surface area is 185 Å². The molecular formula is C23H28F3N5O. The van der Waals surface area contributed by atoms with Gasteiger partial charge in [0.15, 0.2) is 0 Å². The topological polar surface area (TPSA) is 85.3 Å². The number of aryl methyl sites for hydroxylation is 1. The van der Waals surface area contributed by atoms with Gasteiger partial charge in [0.25, 0.3) is 5.91 Å². The van der Waals surface area contributed by atoms with Crippen molar-refractivity contribution < 1.29 is 18.0 Å². The molecule has 0 aliphatic rings. The van der Waals surface area contributed by atoms with Crippen molar-refractivity contribution in [2.45, 2.75) is 39.3 Å². The number of hydrogen-bond donors (Lipinski definition) is 2. The van der Waals surface area contributed by atoms with Crippen molar-refractivity contribution in [1.82, 2.24) is 15.1 Å². The number of amides is 1. The number of alkyl halides is 3. The van der Waals surface area contributed by atoms with Crippen molar-refractivity contribution in [2.75, 3.05) is 6.54 Å². The highest BCUT2D eigenvalue weighted by molar-refractivity contribution is 5.95. The molecule has 3 N–H and O–H groups in total. The molecule has 1 atom stereocenters. The van der Waals surface area contributed by atoms with Gasteiger partial charge in [-0.15, -0.1) is 0 Å². The maximum absolute atomic E-state index is 12.9. The average molecular weight is 448 g/mol. The fourth-order valence-corrected chi connectivity index (χ4v) is 3.22. The number of halogens is 3. The number of benzene rings is 1. The molecular weight excluding hydrogens is 419 g/mol. The van der Waals surface area contributed by atoms with E-state index in [4.69, 9.17) is 5.73 Å². The summed E-state index contributed by atoms with van der Waals surface area (Å²) in [6.07, 6.45) is 2.19. The van der Waals surface area contributed by atoms with Crippen LogP contribution in [-0.4, -0.2) is 28.4 Å². The molecule has 2 aromatic rings. The van der Waals surface area contributed by atoms with Crippen LogP contribution in [0.2, 0.25) is 0 Å². The van der Waals surface area contributed by atoms with Crippen LogP contribution in [0.3, 0.4) is 0 Å². The molecule has 0 spiro atoms. The second kappa shape index (κ2) is 10.8. The molecule has 0 aliphatic heterocycles. The number of hydrogen-bond acceptors (Lipinski definition) is 4. The van der Waals surface area contributed by atoms with E-state index < -0.39 is 11.7 Å². The lowest BCUT2D eigenvalue weighted by Gasteiger charge is -2.21. The van der Waals surface area contributed by atoms with Gasteiger partial charge in [-0.3, -0.25) is 9.79 Å². The van der Waals surface area contributed by atoms with E-state index in [1.165, 1.54) is 41.5 Å². The third-order valence-corrected chi connectivity index (χ3v) is 4.78. The summed E-state index contributed by atoms with van der Waals surface area (Å²) in [6.45, 7) is 9.53. The molecule has 1 aromatic carbocycles. The number of rotatable bonds is 9. The highest BCUT2D eigenvalue weighted by atomic mass is 19.4. The molecule has 0 aliphatic carbocycles. The Morgan fingerprint density at radius 1 is 1.31 bits per heavy atom. The molecule has 2 rings (SSSR count). The summed E-state index contributed by atoms with van der Waals surface area (Å²) >= 11 is 0. The van der Waals surface area contributed by atoms with Crippen LogP contribution in [-0.2, 0) is 6.18 Å². The summed E-state index contributed by atoms with van der Waals surface area (Å²) in [5.74, 6) is 0.0593. The molecule has 9 heteroatoms. The molecule has 0 saturated heterocycles. The van der Waals surface area contributed by atoms with Crippen molar-refractivity contribution in [3.05, 3.63) is 71.7 Å². The molecule has 1 heterocycles. The zero-order valence-electron chi connectivity index (χ0n) is 18.4. The van der Waals surface area contributed by atoms with E-state index in [9.17, 15) is 18.0 Å². The van der Waals surface area contributed by atoms with Crippen LogP contribution in [0.4, 0.5) is 13.2 Å². The van der Waals surface area contributed by atoms with Gasteiger partial charge in [0.2, 0.25) is 0 Å². The minimum absolute atomic E-state index is 0.130. The summed E-state index contributed by atoms with van der Waals surface area (Å²) in [7, 11) is 0. The van der Waals surface area contributed by atoms with Gasteiger partial charge in [-0.1, -0.05) is 38.6 Å². The van der Waals surface area contributed by atoms with E-state index in [2.05, 4.69) is 22.0 Å². The van der Waals surface area contributed by atoms with Crippen molar-refractivity contribution in [2.24, 2.45) is 16.6 Å². The number of aliphatic imine (C=N–C) groups is 1. The number of carbonyl (C=O) groups is 1. The SMILES string of the molecule is C=CC=N/C=C(\N)n1cc(C(=O)NCC(CC(C)C)c2ccc(C(F)(F)F)cc2)c(C)n1. The Kier molecular flexibility index (Phi) is 8.40. The molecule has 0 radical (unpaired) electrons. The quantitative estimate of drug-likeness (QED) is 0.545. The Balaban J connectivity index is 2.15. The zero-order chi connectivity index (χ0) is 23.9. The predicted molar refractivity (Wildman–Crippen MR) is 120 cm³/mol. The van der Waals surface area contributed by atoms with Gasteiger partial charge in [-0.05, 0) is 37.0 Å². The Bertz CT molecular complexity index is 988. The number of allylic oxidation sites excluding steroid dienone is 1. The largest absolute Gasteiger partial charge is 0.416 e. The van der Waals surface area contributed by atoms with Gasteiger partial charge in [-0.25, -0.2) is 4.68 Å². The first-order valence-corrected chi connectivity index (χ1v) is 10.1. The monoisotopic (exact) mass is 447 g/mol. The average Bonchev–Trinajstić information content (AvgIpc) is 3.12. The van der Waals surface area contributed by atoms with Crippen LogP contribution in [0.15, 0.2) is 54.3 Å². The highest BCUT2D eigenvalue weighted by Crippen LogP contribution is 2.31. The standard InChI is InChI=1S/C23H28F3N5O/c1-5-10-28-13-21(27)31-14-20(16(4)30-31)22(32)29-12-18(11-15(2)3)17-6-8-19(9-7-17)23(24,25)26/h5-10,13-15,18H,1,11-12,27H2,2-4H3,(H,29,32)/b21-13+,28-10?. The summed E-state index contributed by atoms with van der Waals surface area (Å²) in [5, 5.41) is 7.11. The summed E-state index contributed by atoms with van der Waals surface area (Å²) in [5.41, 5.74) is 6.80. The second-order valence-corrected chi connectivity index (χ2v) is 7.82. The fraction of sp³-hybridized carbons (Fsp3) is 0.348. The lowest BCUT2D eigenvalue weighted by Crippen LogP contribution is -2.29. The van der Waals surface area contributed by atoms with Crippen LogP contribution in [0.1, 0.15) is 53.4 Å². The van der Waals surface area contributed by atoms with Crippen LogP contribution < -0.4 is 11.1 Å². The first-order valence-electron chi connectivity index (χ1n) is 10.1. The summed E-state index contributed by atoms with van der Waals surface area (Å²) in [6, 6.07) is 5.09. The van der Waals surface area contributed by atoms with E-state index in [-0.39, 0.29) is 24.2 Å². The Hall–Kier alpha value is -3.36. The Morgan fingerprint density at radius 3 is 2.53 bits per heavy atom. The fourth-order valence-electron chi connectivity index (χ4n) is 3.22. The van der Waals surface area contributed by atoms with Crippen LogP contribution in [0, 0.1) is 12.8 Å². The van der Waals surface area contributed by atoms with Gasteiger partial charge >= 0.3 is 6.18 Å². The molecule has 6 nitrogen and oxygen atoms in total. The van der Waals surface area contributed by atoms with Gasteiger partial charge < -0.3 is 11.1 Å². The summed E-state index contributed by atoms with van der Waals surface area (Å²) in [4.78, 5) is 16.7. The lowest BCUT2D eigenvalue weighted by atomic mass is 9.89. The van der Waals surface area contributed by atoms with Crippen molar-refractivity contribution in [3.63, 3.8) is 0 Å². The van der Waals surface area contributed by atoms with Crippen LogP contribution >= 0.6 is 0 Å². The van der Waals surface area contributed by atoms with Gasteiger partial charge in [0, 0.05) is 24.9 Å². The maximum atomic E-state index is 12.9. The number of aromatic nitrogens is 2. The van der Waals surface area contributed by atoms with Crippen molar-refractivity contribution >= 4 is 17.9 Å². The first-order chi connectivity index (χ1) is 15.0. The molecule has 1 unspecified atom stereocenters. The molecule has 172 valence electrons. The highest BCUT2D eigenvalue weighted by Gasteiger charge is 2.30. The van der Waals surface area contributed by atoms with E-state index in [1.807, 2.05) is 13.8 Å². The van der Waals surface area contributed by atoms with Gasteiger partial charge in [0.1, 0.15) is 5.82 Å².